The number of aromatic nitrogens is 2. The van der Waals surface area contributed by atoms with Crippen LogP contribution in [0, 0.1) is 0 Å². The number of H-pyrrole nitrogens is 1. The molecule has 164 valence electrons. The van der Waals surface area contributed by atoms with Gasteiger partial charge in [0.1, 0.15) is 11.6 Å². The minimum absolute atomic E-state index is 0.0246. The lowest BCUT2D eigenvalue weighted by Crippen LogP contribution is -2.46. The Hall–Kier alpha value is -3.24. The summed E-state index contributed by atoms with van der Waals surface area (Å²) in [7, 11) is -2.42. The third kappa shape index (κ3) is 5.09. The molecule has 1 amide bonds. The Balaban J connectivity index is 1.75. The topological polar surface area (TPSA) is 121 Å². The molecule has 3 rings (SSSR count). The predicted octanol–water partition coefficient (Wildman–Crippen LogP) is 1.65. The monoisotopic (exact) mass is 444 g/mol. The van der Waals surface area contributed by atoms with Gasteiger partial charge in [0.25, 0.3) is 5.56 Å². The second kappa shape index (κ2) is 9.27. The fourth-order valence-electron chi connectivity index (χ4n) is 3.12. The molecule has 10 heteroatoms. The van der Waals surface area contributed by atoms with Crippen LogP contribution in [0.4, 0.5) is 0 Å². The van der Waals surface area contributed by atoms with Crippen molar-refractivity contribution in [2.75, 3.05) is 13.7 Å². The standard InChI is InChI=1S/C21H24N4O5S/c1-4-25(13-19-22-18-8-6-5-7-17(18)20(26)23-19)21(27)14(2)24-31(28,29)16-11-9-15(30-3)10-12-16/h5-12,14,24H,4,13H2,1-3H3,(H,22,23,26)/t14-/m0/s1. The van der Waals surface area contributed by atoms with E-state index in [1.807, 2.05) is 0 Å². The largest absolute Gasteiger partial charge is 0.497 e. The van der Waals surface area contributed by atoms with E-state index in [-0.39, 0.29) is 17.0 Å². The number of amides is 1. The van der Waals surface area contributed by atoms with Gasteiger partial charge < -0.3 is 14.6 Å². The van der Waals surface area contributed by atoms with E-state index in [1.54, 1.807) is 31.2 Å². The van der Waals surface area contributed by atoms with Crippen molar-refractivity contribution in [2.45, 2.75) is 31.3 Å². The normalized spacial score (nSPS) is 12.5. The van der Waals surface area contributed by atoms with Crippen LogP contribution in [0.2, 0.25) is 0 Å². The number of nitrogens with zero attached hydrogens (tertiary/aromatic N) is 2. The molecule has 0 bridgehead atoms. The minimum Gasteiger partial charge on any atom is -0.497 e. The molecule has 0 radical (unpaired) electrons. The summed E-state index contributed by atoms with van der Waals surface area (Å²) in [6.45, 7) is 3.60. The summed E-state index contributed by atoms with van der Waals surface area (Å²) >= 11 is 0. The maximum Gasteiger partial charge on any atom is 0.258 e. The van der Waals surface area contributed by atoms with Crippen LogP contribution in [0.25, 0.3) is 10.9 Å². The summed E-state index contributed by atoms with van der Waals surface area (Å²) in [5.41, 5.74) is 0.232. The van der Waals surface area contributed by atoms with Gasteiger partial charge in [0.15, 0.2) is 0 Å². The number of nitrogens with one attached hydrogen (secondary N) is 2. The summed E-state index contributed by atoms with van der Waals surface area (Å²) in [6.07, 6.45) is 0. The summed E-state index contributed by atoms with van der Waals surface area (Å²) in [6, 6.07) is 11.8. The number of carbonyl (C=O) groups excluding carboxylic acids is 1. The second-order valence-corrected chi connectivity index (χ2v) is 8.61. The zero-order valence-electron chi connectivity index (χ0n) is 17.5. The van der Waals surface area contributed by atoms with Crippen molar-refractivity contribution < 1.29 is 17.9 Å². The fourth-order valence-corrected chi connectivity index (χ4v) is 4.31. The summed E-state index contributed by atoms with van der Waals surface area (Å²) < 4.78 is 32.7. The van der Waals surface area contributed by atoms with E-state index in [4.69, 9.17) is 4.74 Å². The number of fused-ring (bicyclic) bond motifs is 1. The molecule has 3 aromatic rings. The highest BCUT2D eigenvalue weighted by atomic mass is 32.2. The van der Waals surface area contributed by atoms with Gasteiger partial charge in [-0.15, -0.1) is 0 Å². The molecule has 1 heterocycles. The number of sulfonamides is 1. The van der Waals surface area contributed by atoms with Gasteiger partial charge in [-0.05, 0) is 50.2 Å². The molecule has 0 aliphatic carbocycles. The van der Waals surface area contributed by atoms with E-state index in [1.165, 1.54) is 43.2 Å². The molecule has 0 unspecified atom stereocenters. The van der Waals surface area contributed by atoms with E-state index in [9.17, 15) is 18.0 Å². The van der Waals surface area contributed by atoms with Crippen LogP contribution in [-0.2, 0) is 21.4 Å². The molecule has 0 spiro atoms. The molecule has 9 nitrogen and oxygen atoms in total. The maximum atomic E-state index is 12.9. The van der Waals surface area contributed by atoms with E-state index in [0.717, 1.165) is 0 Å². The molecule has 1 atom stereocenters. The average Bonchev–Trinajstić information content (AvgIpc) is 2.76. The van der Waals surface area contributed by atoms with Gasteiger partial charge in [0.05, 0.1) is 35.5 Å². The number of aromatic amines is 1. The number of hydrogen-bond donors (Lipinski definition) is 2. The second-order valence-electron chi connectivity index (χ2n) is 6.90. The van der Waals surface area contributed by atoms with Gasteiger partial charge in [-0.2, -0.15) is 4.72 Å². The minimum atomic E-state index is -3.91. The van der Waals surface area contributed by atoms with Gasteiger partial charge in [-0.3, -0.25) is 9.59 Å². The molecule has 2 N–H and O–H groups in total. The number of rotatable bonds is 8. The average molecular weight is 445 g/mol. The molecule has 1 aromatic heterocycles. The van der Waals surface area contributed by atoms with Crippen LogP contribution in [0.15, 0.2) is 58.2 Å². The van der Waals surface area contributed by atoms with E-state index in [2.05, 4.69) is 14.7 Å². The molecule has 0 saturated carbocycles. The van der Waals surface area contributed by atoms with Crippen molar-refractivity contribution in [3.63, 3.8) is 0 Å². The van der Waals surface area contributed by atoms with Crippen LogP contribution in [0.1, 0.15) is 19.7 Å². The first-order valence-electron chi connectivity index (χ1n) is 9.68. The molecule has 0 saturated heterocycles. The number of para-hydroxylation sites is 1. The summed E-state index contributed by atoms with van der Waals surface area (Å²) in [5, 5.41) is 0.459. The number of ether oxygens (including phenoxy) is 1. The number of hydrogen-bond acceptors (Lipinski definition) is 6. The molecule has 31 heavy (non-hydrogen) atoms. The van der Waals surface area contributed by atoms with Crippen molar-refractivity contribution in [3.8, 4) is 5.75 Å². The molecule has 2 aromatic carbocycles. The smallest absolute Gasteiger partial charge is 0.258 e. The lowest BCUT2D eigenvalue weighted by molar-refractivity contribution is -0.133. The van der Waals surface area contributed by atoms with Gasteiger partial charge in [0.2, 0.25) is 15.9 Å². The van der Waals surface area contributed by atoms with Crippen molar-refractivity contribution in [1.29, 1.82) is 0 Å². The zero-order valence-corrected chi connectivity index (χ0v) is 18.3. The number of carbonyl (C=O) groups is 1. The third-order valence-electron chi connectivity index (χ3n) is 4.77. The third-order valence-corrected chi connectivity index (χ3v) is 6.32. The van der Waals surface area contributed by atoms with Crippen LogP contribution in [0.5, 0.6) is 5.75 Å². The first-order valence-corrected chi connectivity index (χ1v) is 11.2. The zero-order chi connectivity index (χ0) is 22.6. The SMILES string of the molecule is CCN(Cc1nc2ccccc2c(=O)[nH]1)C(=O)[C@H](C)NS(=O)(=O)c1ccc(OC)cc1. The Kier molecular flexibility index (Phi) is 6.71. The van der Waals surface area contributed by atoms with Crippen LogP contribution in [-0.4, -0.2) is 48.9 Å². The highest BCUT2D eigenvalue weighted by molar-refractivity contribution is 7.89. The van der Waals surface area contributed by atoms with E-state index < -0.39 is 22.0 Å². The van der Waals surface area contributed by atoms with Crippen molar-refractivity contribution in [1.82, 2.24) is 19.6 Å². The lowest BCUT2D eigenvalue weighted by atomic mass is 10.2. The lowest BCUT2D eigenvalue weighted by Gasteiger charge is -2.24. The highest BCUT2D eigenvalue weighted by Crippen LogP contribution is 2.16. The molecule has 0 fully saturated rings. The Morgan fingerprint density at radius 2 is 1.87 bits per heavy atom. The van der Waals surface area contributed by atoms with Crippen molar-refractivity contribution >= 4 is 26.8 Å². The Morgan fingerprint density at radius 1 is 1.19 bits per heavy atom. The fraction of sp³-hybridized carbons (Fsp3) is 0.286. The quantitative estimate of drug-likeness (QED) is 0.545. The molecule has 0 aliphatic rings. The van der Waals surface area contributed by atoms with E-state index >= 15 is 0 Å². The van der Waals surface area contributed by atoms with Crippen molar-refractivity contribution in [2.24, 2.45) is 0 Å². The van der Waals surface area contributed by atoms with Crippen LogP contribution in [0.3, 0.4) is 0 Å². The molecule has 0 aliphatic heterocycles. The number of benzene rings is 2. The van der Waals surface area contributed by atoms with E-state index in [0.29, 0.717) is 29.0 Å². The Bertz CT molecular complexity index is 1240. The van der Waals surface area contributed by atoms with Crippen molar-refractivity contribution in [3.05, 3.63) is 64.7 Å². The number of likely N-dealkylation sites (N-methyl/N-ethyl adjacent to an activating group) is 1. The van der Waals surface area contributed by atoms with Crippen LogP contribution >= 0.6 is 0 Å². The highest BCUT2D eigenvalue weighted by Gasteiger charge is 2.26. The van der Waals surface area contributed by atoms with Crippen LogP contribution < -0.4 is 15.0 Å². The Labute approximate surface area is 180 Å². The molecular formula is C21H24N4O5S. The summed E-state index contributed by atoms with van der Waals surface area (Å²) in [4.78, 5) is 33.7. The van der Waals surface area contributed by atoms with Gasteiger partial charge in [0, 0.05) is 6.54 Å². The summed E-state index contributed by atoms with van der Waals surface area (Å²) in [5.74, 6) is 0.414. The van der Waals surface area contributed by atoms with Gasteiger partial charge in [-0.25, -0.2) is 13.4 Å². The number of methoxy groups -OCH3 is 1. The molecular weight excluding hydrogens is 420 g/mol. The first-order chi connectivity index (χ1) is 14.7. The first kappa shape index (κ1) is 22.4. The maximum absolute atomic E-state index is 12.9. The van der Waals surface area contributed by atoms with Gasteiger partial charge >= 0.3 is 0 Å². The predicted molar refractivity (Wildman–Crippen MR) is 116 cm³/mol. The Morgan fingerprint density at radius 3 is 2.52 bits per heavy atom. The van der Waals surface area contributed by atoms with Gasteiger partial charge in [-0.1, -0.05) is 12.1 Å².